The molecule has 0 saturated heterocycles. The number of benzene rings is 1. The van der Waals surface area contributed by atoms with Crippen LogP contribution in [-0.2, 0) is 13.0 Å². The molecule has 0 aliphatic heterocycles. The van der Waals surface area contributed by atoms with Gasteiger partial charge in [0.05, 0.1) is 11.7 Å². The zero-order valence-corrected chi connectivity index (χ0v) is 11.9. The van der Waals surface area contributed by atoms with E-state index >= 15 is 0 Å². The summed E-state index contributed by atoms with van der Waals surface area (Å²) in [5.74, 6) is 5.72. The molecule has 0 bridgehead atoms. The first-order valence-electron chi connectivity index (χ1n) is 6.69. The number of aromatic nitrogens is 2. The van der Waals surface area contributed by atoms with Crippen molar-refractivity contribution in [1.29, 1.82) is 0 Å². The summed E-state index contributed by atoms with van der Waals surface area (Å²) in [6, 6.07) is 8.72. The zero-order valence-electron chi connectivity index (χ0n) is 11.9. The van der Waals surface area contributed by atoms with E-state index in [9.17, 15) is 0 Å². The summed E-state index contributed by atoms with van der Waals surface area (Å²) in [5.41, 5.74) is 7.90. The summed E-state index contributed by atoms with van der Waals surface area (Å²) >= 11 is 0. The fourth-order valence-corrected chi connectivity index (χ4v) is 2.57. The minimum Gasteiger partial charge on any atom is -0.271 e. The standard InChI is InChI=1S/C15H22N4/c1-4-19-15(5-6-17-19)14(18-16)10-13-8-11(2)7-12(3)9-13/h5-9,14,18H,4,10,16H2,1-3H3. The van der Waals surface area contributed by atoms with E-state index in [1.807, 2.05) is 16.9 Å². The van der Waals surface area contributed by atoms with Crippen molar-refractivity contribution in [3.05, 3.63) is 52.8 Å². The van der Waals surface area contributed by atoms with E-state index in [-0.39, 0.29) is 6.04 Å². The van der Waals surface area contributed by atoms with Gasteiger partial charge in [0.15, 0.2) is 0 Å². The molecule has 1 heterocycles. The van der Waals surface area contributed by atoms with Gasteiger partial charge in [-0.2, -0.15) is 5.10 Å². The number of hydrazine groups is 1. The molecule has 4 nitrogen and oxygen atoms in total. The highest BCUT2D eigenvalue weighted by molar-refractivity contribution is 5.29. The molecule has 1 unspecified atom stereocenters. The van der Waals surface area contributed by atoms with Crippen LogP contribution in [0.25, 0.3) is 0 Å². The molecular weight excluding hydrogens is 236 g/mol. The zero-order chi connectivity index (χ0) is 13.8. The highest BCUT2D eigenvalue weighted by atomic mass is 15.3. The van der Waals surface area contributed by atoms with Crippen LogP contribution in [0, 0.1) is 13.8 Å². The Balaban J connectivity index is 2.24. The molecule has 0 saturated carbocycles. The molecule has 0 aliphatic rings. The van der Waals surface area contributed by atoms with E-state index in [2.05, 4.69) is 49.5 Å². The Morgan fingerprint density at radius 1 is 1.26 bits per heavy atom. The molecule has 0 spiro atoms. The van der Waals surface area contributed by atoms with E-state index in [0.29, 0.717) is 0 Å². The maximum absolute atomic E-state index is 5.72. The fraction of sp³-hybridized carbons (Fsp3) is 0.400. The molecular formula is C15H22N4. The number of nitrogens with two attached hydrogens (primary N) is 1. The summed E-state index contributed by atoms with van der Waals surface area (Å²) in [7, 11) is 0. The second-order valence-corrected chi connectivity index (χ2v) is 4.99. The Morgan fingerprint density at radius 3 is 2.53 bits per heavy atom. The highest BCUT2D eigenvalue weighted by Gasteiger charge is 2.15. The van der Waals surface area contributed by atoms with Crippen molar-refractivity contribution in [2.75, 3.05) is 0 Å². The Hall–Kier alpha value is -1.65. The fourth-order valence-electron chi connectivity index (χ4n) is 2.57. The first-order valence-corrected chi connectivity index (χ1v) is 6.69. The van der Waals surface area contributed by atoms with Gasteiger partial charge < -0.3 is 0 Å². The average Bonchev–Trinajstić information content (AvgIpc) is 2.82. The summed E-state index contributed by atoms with van der Waals surface area (Å²) in [6.45, 7) is 7.18. The first-order chi connectivity index (χ1) is 9.13. The maximum Gasteiger partial charge on any atom is 0.0669 e. The molecule has 0 radical (unpaired) electrons. The average molecular weight is 258 g/mol. The minimum atomic E-state index is 0.0867. The van der Waals surface area contributed by atoms with Gasteiger partial charge in [-0.1, -0.05) is 29.3 Å². The van der Waals surface area contributed by atoms with Crippen LogP contribution in [-0.4, -0.2) is 9.78 Å². The van der Waals surface area contributed by atoms with Crippen molar-refractivity contribution in [1.82, 2.24) is 15.2 Å². The Labute approximate surface area is 114 Å². The molecule has 0 fully saturated rings. The second kappa shape index (κ2) is 5.99. The third-order valence-electron chi connectivity index (χ3n) is 3.33. The second-order valence-electron chi connectivity index (χ2n) is 4.99. The predicted octanol–water partition coefficient (Wildman–Crippen LogP) is 2.27. The van der Waals surface area contributed by atoms with E-state index in [1.165, 1.54) is 16.7 Å². The monoisotopic (exact) mass is 258 g/mol. The van der Waals surface area contributed by atoms with Crippen LogP contribution in [0.1, 0.15) is 35.3 Å². The van der Waals surface area contributed by atoms with Crippen LogP contribution in [0.4, 0.5) is 0 Å². The molecule has 4 heteroatoms. The smallest absolute Gasteiger partial charge is 0.0669 e. The molecule has 0 amide bonds. The van der Waals surface area contributed by atoms with Gasteiger partial charge >= 0.3 is 0 Å². The van der Waals surface area contributed by atoms with Gasteiger partial charge in [-0.05, 0) is 38.8 Å². The molecule has 2 aromatic rings. The Bertz CT molecular complexity index is 525. The minimum absolute atomic E-state index is 0.0867. The number of nitrogens with one attached hydrogen (secondary N) is 1. The Morgan fingerprint density at radius 2 is 1.95 bits per heavy atom. The summed E-state index contributed by atoms with van der Waals surface area (Å²) in [4.78, 5) is 0. The lowest BCUT2D eigenvalue weighted by Crippen LogP contribution is -2.31. The molecule has 19 heavy (non-hydrogen) atoms. The van der Waals surface area contributed by atoms with Crippen molar-refractivity contribution < 1.29 is 0 Å². The SMILES string of the molecule is CCn1nccc1C(Cc1cc(C)cc(C)c1)NN. The van der Waals surface area contributed by atoms with Gasteiger partial charge in [0.2, 0.25) is 0 Å². The number of rotatable bonds is 5. The molecule has 0 aliphatic carbocycles. The van der Waals surface area contributed by atoms with E-state index < -0.39 is 0 Å². The highest BCUT2D eigenvalue weighted by Crippen LogP contribution is 2.19. The quantitative estimate of drug-likeness (QED) is 0.639. The van der Waals surface area contributed by atoms with E-state index in [0.717, 1.165) is 18.7 Å². The number of nitrogens with zero attached hydrogens (tertiary/aromatic N) is 2. The topological polar surface area (TPSA) is 55.9 Å². The number of hydrogen-bond acceptors (Lipinski definition) is 3. The normalized spacial score (nSPS) is 12.6. The van der Waals surface area contributed by atoms with Gasteiger partial charge in [0.1, 0.15) is 0 Å². The molecule has 2 rings (SSSR count). The predicted molar refractivity (Wildman–Crippen MR) is 77.6 cm³/mol. The maximum atomic E-state index is 5.72. The largest absolute Gasteiger partial charge is 0.271 e. The van der Waals surface area contributed by atoms with E-state index in [1.54, 1.807) is 0 Å². The van der Waals surface area contributed by atoms with Gasteiger partial charge in [0.25, 0.3) is 0 Å². The lowest BCUT2D eigenvalue weighted by atomic mass is 10.00. The van der Waals surface area contributed by atoms with Crippen molar-refractivity contribution >= 4 is 0 Å². The van der Waals surface area contributed by atoms with Gasteiger partial charge in [-0.3, -0.25) is 16.0 Å². The van der Waals surface area contributed by atoms with Crippen molar-refractivity contribution in [3.63, 3.8) is 0 Å². The molecule has 102 valence electrons. The Kier molecular flexibility index (Phi) is 4.35. The molecule has 1 aromatic heterocycles. The first kappa shape index (κ1) is 13.8. The van der Waals surface area contributed by atoms with Crippen LogP contribution in [0.15, 0.2) is 30.5 Å². The van der Waals surface area contributed by atoms with E-state index in [4.69, 9.17) is 5.84 Å². The van der Waals surface area contributed by atoms with Crippen LogP contribution in [0.5, 0.6) is 0 Å². The molecule has 3 N–H and O–H groups in total. The summed E-state index contributed by atoms with van der Waals surface area (Å²) in [6.07, 6.45) is 2.69. The van der Waals surface area contributed by atoms with Crippen LogP contribution >= 0.6 is 0 Å². The summed E-state index contributed by atoms with van der Waals surface area (Å²) < 4.78 is 1.98. The molecule has 1 atom stereocenters. The number of hydrogen-bond donors (Lipinski definition) is 2. The van der Waals surface area contributed by atoms with Crippen LogP contribution in [0.3, 0.4) is 0 Å². The van der Waals surface area contributed by atoms with Crippen LogP contribution < -0.4 is 11.3 Å². The lowest BCUT2D eigenvalue weighted by Gasteiger charge is -2.18. The van der Waals surface area contributed by atoms with Crippen molar-refractivity contribution in [2.45, 2.75) is 39.8 Å². The van der Waals surface area contributed by atoms with Gasteiger partial charge in [0, 0.05) is 12.7 Å². The van der Waals surface area contributed by atoms with Crippen molar-refractivity contribution in [3.8, 4) is 0 Å². The number of aryl methyl sites for hydroxylation is 3. The van der Waals surface area contributed by atoms with Gasteiger partial charge in [-0.15, -0.1) is 0 Å². The lowest BCUT2D eigenvalue weighted by molar-refractivity contribution is 0.490. The van der Waals surface area contributed by atoms with Crippen LogP contribution in [0.2, 0.25) is 0 Å². The third kappa shape index (κ3) is 3.22. The molecule has 1 aromatic carbocycles. The van der Waals surface area contributed by atoms with Crippen molar-refractivity contribution in [2.24, 2.45) is 5.84 Å². The van der Waals surface area contributed by atoms with Gasteiger partial charge in [-0.25, -0.2) is 0 Å². The third-order valence-corrected chi connectivity index (χ3v) is 3.33. The summed E-state index contributed by atoms with van der Waals surface area (Å²) in [5, 5.41) is 4.30.